The van der Waals surface area contributed by atoms with E-state index < -0.39 is 0 Å². The number of rotatable bonds is 7. The maximum absolute atomic E-state index is 5.26. The molecule has 1 atom stereocenters. The van der Waals surface area contributed by atoms with Gasteiger partial charge in [0.1, 0.15) is 11.6 Å². The van der Waals surface area contributed by atoms with Crippen LogP contribution in [0.5, 0.6) is 5.88 Å². The molecule has 1 aliphatic heterocycles. The van der Waals surface area contributed by atoms with E-state index in [9.17, 15) is 0 Å². The highest BCUT2D eigenvalue weighted by atomic mass is 16.5. The SMILES string of the molecule is COCCNCC1CCCCN1c1cc(OC)nc(C)n1. The van der Waals surface area contributed by atoms with E-state index in [1.807, 2.05) is 13.0 Å². The minimum atomic E-state index is 0.467. The third-order valence-electron chi connectivity index (χ3n) is 3.79. The molecule has 0 radical (unpaired) electrons. The van der Waals surface area contributed by atoms with Gasteiger partial charge in [0.25, 0.3) is 0 Å². The van der Waals surface area contributed by atoms with Crippen molar-refractivity contribution in [3.05, 3.63) is 11.9 Å². The van der Waals surface area contributed by atoms with Gasteiger partial charge in [-0.1, -0.05) is 0 Å². The summed E-state index contributed by atoms with van der Waals surface area (Å²) in [6.07, 6.45) is 3.67. The Morgan fingerprint density at radius 3 is 2.95 bits per heavy atom. The average Bonchev–Trinajstić information content (AvgIpc) is 2.51. The second-order valence-electron chi connectivity index (χ2n) is 5.36. The normalized spacial score (nSPS) is 18.8. The van der Waals surface area contributed by atoms with Gasteiger partial charge in [0, 0.05) is 38.9 Å². The van der Waals surface area contributed by atoms with Crippen LogP contribution >= 0.6 is 0 Å². The van der Waals surface area contributed by atoms with Crippen molar-refractivity contribution in [3.63, 3.8) is 0 Å². The highest BCUT2D eigenvalue weighted by Crippen LogP contribution is 2.25. The molecule has 0 saturated carbocycles. The lowest BCUT2D eigenvalue weighted by Gasteiger charge is -2.37. The highest BCUT2D eigenvalue weighted by molar-refractivity contribution is 5.43. The van der Waals surface area contributed by atoms with Crippen LogP contribution in [0.1, 0.15) is 25.1 Å². The van der Waals surface area contributed by atoms with Gasteiger partial charge in [-0.15, -0.1) is 0 Å². The van der Waals surface area contributed by atoms with Gasteiger partial charge in [0.15, 0.2) is 0 Å². The van der Waals surface area contributed by atoms with Crippen LogP contribution in [0.2, 0.25) is 0 Å². The van der Waals surface area contributed by atoms with Gasteiger partial charge in [0.05, 0.1) is 13.7 Å². The van der Waals surface area contributed by atoms with Crippen LogP contribution < -0.4 is 15.0 Å². The molecule has 1 unspecified atom stereocenters. The van der Waals surface area contributed by atoms with Crippen molar-refractivity contribution >= 4 is 5.82 Å². The fourth-order valence-corrected chi connectivity index (χ4v) is 2.73. The second-order valence-corrected chi connectivity index (χ2v) is 5.36. The summed E-state index contributed by atoms with van der Waals surface area (Å²) in [6.45, 7) is 5.52. The summed E-state index contributed by atoms with van der Waals surface area (Å²) in [5.41, 5.74) is 0. The van der Waals surface area contributed by atoms with Gasteiger partial charge < -0.3 is 19.7 Å². The van der Waals surface area contributed by atoms with Crippen molar-refractivity contribution in [2.45, 2.75) is 32.2 Å². The molecule has 2 rings (SSSR count). The number of nitrogens with zero attached hydrogens (tertiary/aromatic N) is 3. The summed E-state index contributed by atoms with van der Waals surface area (Å²) in [6, 6.07) is 2.40. The smallest absolute Gasteiger partial charge is 0.218 e. The zero-order valence-electron chi connectivity index (χ0n) is 13.3. The van der Waals surface area contributed by atoms with Gasteiger partial charge in [-0.25, -0.2) is 4.98 Å². The van der Waals surface area contributed by atoms with E-state index in [-0.39, 0.29) is 0 Å². The van der Waals surface area contributed by atoms with Crippen LogP contribution in [0.3, 0.4) is 0 Å². The lowest BCUT2D eigenvalue weighted by molar-refractivity contribution is 0.198. The van der Waals surface area contributed by atoms with Crippen LogP contribution in [0.25, 0.3) is 0 Å². The third-order valence-corrected chi connectivity index (χ3v) is 3.79. The Morgan fingerprint density at radius 1 is 1.33 bits per heavy atom. The van der Waals surface area contributed by atoms with Gasteiger partial charge >= 0.3 is 0 Å². The Balaban J connectivity index is 2.05. The predicted octanol–water partition coefficient (Wildman–Crippen LogP) is 1.39. The lowest BCUT2D eigenvalue weighted by atomic mass is 10.0. The molecule has 0 spiro atoms. The first kappa shape index (κ1) is 16.0. The molecule has 0 aliphatic carbocycles. The van der Waals surface area contributed by atoms with E-state index in [4.69, 9.17) is 9.47 Å². The molecule has 1 saturated heterocycles. The largest absolute Gasteiger partial charge is 0.481 e. The summed E-state index contributed by atoms with van der Waals surface area (Å²) in [5.74, 6) is 2.35. The molecule has 21 heavy (non-hydrogen) atoms. The third kappa shape index (κ3) is 4.54. The van der Waals surface area contributed by atoms with Crippen molar-refractivity contribution in [2.24, 2.45) is 0 Å². The van der Waals surface area contributed by atoms with Gasteiger partial charge in [-0.05, 0) is 26.2 Å². The molecule has 6 heteroatoms. The first-order valence-corrected chi connectivity index (χ1v) is 7.60. The molecular weight excluding hydrogens is 268 g/mol. The number of hydrogen-bond acceptors (Lipinski definition) is 6. The average molecular weight is 294 g/mol. The van der Waals surface area contributed by atoms with Gasteiger partial charge in [-0.3, -0.25) is 0 Å². The molecule has 6 nitrogen and oxygen atoms in total. The lowest BCUT2D eigenvalue weighted by Crippen LogP contribution is -2.46. The van der Waals surface area contributed by atoms with E-state index in [0.717, 1.165) is 37.9 Å². The minimum Gasteiger partial charge on any atom is -0.481 e. The molecule has 1 aromatic rings. The van der Waals surface area contributed by atoms with E-state index in [2.05, 4.69) is 20.2 Å². The van der Waals surface area contributed by atoms with Crippen LogP contribution in [0.15, 0.2) is 6.07 Å². The van der Waals surface area contributed by atoms with Crippen molar-refractivity contribution in [3.8, 4) is 5.88 Å². The second kappa shape index (κ2) is 8.14. The number of methoxy groups -OCH3 is 2. The van der Waals surface area contributed by atoms with Crippen molar-refractivity contribution in [1.82, 2.24) is 15.3 Å². The number of anilines is 1. The number of ether oxygens (including phenoxy) is 2. The highest BCUT2D eigenvalue weighted by Gasteiger charge is 2.24. The van der Waals surface area contributed by atoms with Crippen molar-refractivity contribution in [2.75, 3.05) is 45.4 Å². The molecule has 0 bridgehead atoms. The quantitative estimate of drug-likeness (QED) is 0.767. The molecule has 2 heterocycles. The molecule has 1 fully saturated rings. The topological polar surface area (TPSA) is 59.5 Å². The molecule has 0 aromatic carbocycles. The summed E-state index contributed by atoms with van der Waals surface area (Å²) in [7, 11) is 3.37. The van der Waals surface area contributed by atoms with E-state index in [1.54, 1.807) is 14.2 Å². The maximum Gasteiger partial charge on any atom is 0.218 e. The Kier molecular flexibility index (Phi) is 6.20. The summed E-state index contributed by atoms with van der Waals surface area (Å²) in [5, 5.41) is 3.46. The first-order valence-electron chi connectivity index (χ1n) is 7.60. The molecule has 1 N–H and O–H groups in total. The maximum atomic E-state index is 5.26. The standard InChI is InChI=1S/C15H26N4O2/c1-12-17-14(10-15(18-12)21-3)19-8-5-4-6-13(19)11-16-7-9-20-2/h10,13,16H,4-9,11H2,1-3H3. The van der Waals surface area contributed by atoms with Crippen LogP contribution in [0.4, 0.5) is 5.82 Å². The van der Waals surface area contributed by atoms with E-state index >= 15 is 0 Å². The van der Waals surface area contributed by atoms with Crippen LogP contribution in [-0.4, -0.2) is 56.5 Å². The summed E-state index contributed by atoms with van der Waals surface area (Å²) in [4.78, 5) is 11.2. The number of hydrogen-bond donors (Lipinski definition) is 1. The zero-order valence-corrected chi connectivity index (χ0v) is 13.3. The molecule has 1 aliphatic rings. The van der Waals surface area contributed by atoms with Crippen LogP contribution in [0, 0.1) is 6.92 Å². The van der Waals surface area contributed by atoms with E-state index in [1.165, 1.54) is 19.3 Å². The van der Waals surface area contributed by atoms with Gasteiger partial charge in [-0.2, -0.15) is 4.98 Å². The molecular formula is C15H26N4O2. The zero-order chi connectivity index (χ0) is 15.1. The Bertz CT molecular complexity index is 442. The number of nitrogens with one attached hydrogen (secondary N) is 1. The number of aryl methyl sites for hydroxylation is 1. The predicted molar refractivity (Wildman–Crippen MR) is 83.1 cm³/mol. The fraction of sp³-hybridized carbons (Fsp3) is 0.733. The van der Waals surface area contributed by atoms with Crippen molar-refractivity contribution in [1.29, 1.82) is 0 Å². The Morgan fingerprint density at radius 2 is 2.19 bits per heavy atom. The van der Waals surface area contributed by atoms with Crippen molar-refractivity contribution < 1.29 is 9.47 Å². The van der Waals surface area contributed by atoms with E-state index in [0.29, 0.717) is 11.9 Å². The number of aromatic nitrogens is 2. The monoisotopic (exact) mass is 294 g/mol. The Hall–Kier alpha value is -1.40. The molecule has 0 amide bonds. The van der Waals surface area contributed by atoms with Gasteiger partial charge in [0.2, 0.25) is 5.88 Å². The summed E-state index contributed by atoms with van der Waals surface area (Å²) >= 11 is 0. The van der Waals surface area contributed by atoms with Crippen LogP contribution in [-0.2, 0) is 4.74 Å². The first-order chi connectivity index (χ1) is 10.2. The minimum absolute atomic E-state index is 0.467. The Labute approximate surface area is 126 Å². The number of piperidine rings is 1. The molecule has 118 valence electrons. The summed E-state index contributed by atoms with van der Waals surface area (Å²) < 4.78 is 10.3. The fourth-order valence-electron chi connectivity index (χ4n) is 2.73. The molecule has 1 aromatic heterocycles.